The van der Waals surface area contributed by atoms with E-state index in [9.17, 15) is 4.79 Å². The van der Waals surface area contributed by atoms with Gasteiger partial charge in [-0.05, 0) is 93.9 Å². The first-order valence-electron chi connectivity index (χ1n) is 11.4. The van der Waals surface area contributed by atoms with Crippen LogP contribution in [0.5, 0.6) is 5.75 Å². The molecule has 31 heavy (non-hydrogen) atoms. The molecule has 1 saturated heterocycles. The first-order valence-corrected chi connectivity index (χ1v) is 12.2. The van der Waals surface area contributed by atoms with Crippen molar-refractivity contribution in [2.24, 2.45) is 11.8 Å². The number of piperidine rings is 1. The molecule has 0 saturated carbocycles. The van der Waals surface area contributed by atoms with Crippen molar-refractivity contribution in [2.45, 2.75) is 45.6 Å². The fourth-order valence-electron chi connectivity index (χ4n) is 4.95. The van der Waals surface area contributed by atoms with E-state index >= 15 is 0 Å². The third-order valence-electron chi connectivity index (χ3n) is 6.58. The number of halogens is 1. The van der Waals surface area contributed by atoms with E-state index in [4.69, 9.17) is 4.74 Å². The number of hydrogen-bond acceptors (Lipinski definition) is 3. The predicted octanol–water partition coefficient (Wildman–Crippen LogP) is 5.33. The number of ether oxygens (including phenoxy) is 1. The summed E-state index contributed by atoms with van der Waals surface area (Å²) in [5.41, 5.74) is 3.69. The Labute approximate surface area is 194 Å². The summed E-state index contributed by atoms with van der Waals surface area (Å²) >= 11 is 3.72. The van der Waals surface area contributed by atoms with Crippen LogP contribution in [-0.4, -0.2) is 43.6 Å². The second-order valence-electron chi connectivity index (χ2n) is 9.29. The van der Waals surface area contributed by atoms with Gasteiger partial charge in [-0.1, -0.05) is 34.1 Å². The van der Waals surface area contributed by atoms with E-state index in [1.54, 1.807) is 0 Å². The van der Waals surface area contributed by atoms with Gasteiger partial charge in [0.05, 0.1) is 12.0 Å². The van der Waals surface area contributed by atoms with Gasteiger partial charge in [-0.15, -0.1) is 0 Å². The van der Waals surface area contributed by atoms with Gasteiger partial charge in [-0.3, -0.25) is 4.79 Å². The molecule has 1 unspecified atom stereocenters. The van der Waals surface area contributed by atoms with E-state index < -0.39 is 0 Å². The second kappa shape index (κ2) is 9.74. The summed E-state index contributed by atoms with van der Waals surface area (Å²) in [7, 11) is 1.91. The van der Waals surface area contributed by atoms with Crippen molar-refractivity contribution in [3.8, 4) is 5.75 Å². The first-order chi connectivity index (χ1) is 14.9. The van der Waals surface area contributed by atoms with Gasteiger partial charge in [-0.2, -0.15) is 0 Å². The Morgan fingerprint density at radius 3 is 2.61 bits per heavy atom. The van der Waals surface area contributed by atoms with Crippen LogP contribution in [0.1, 0.15) is 37.8 Å². The number of carbonyl (C=O) groups excluding carboxylic acids is 1. The lowest BCUT2D eigenvalue weighted by Crippen LogP contribution is -2.46. The standard InChI is InChI=1S/C26H33BrN2O2/c1-18(2)31-23-8-9-24(27)21(16-23)14-19-10-12-29(13-11-19)17-22-15-20-6-4-5-7-25(20)28(3)26(22)30/h4-9,16,18-19,22H,10-15,17H2,1-3H3. The van der Waals surface area contributed by atoms with Crippen molar-refractivity contribution in [1.82, 2.24) is 4.90 Å². The number of nitrogens with zero attached hydrogens (tertiary/aromatic N) is 2. The molecule has 0 aliphatic carbocycles. The average Bonchev–Trinajstić information content (AvgIpc) is 2.75. The summed E-state index contributed by atoms with van der Waals surface area (Å²) < 4.78 is 7.05. The number of anilines is 1. The Morgan fingerprint density at radius 1 is 1.13 bits per heavy atom. The summed E-state index contributed by atoms with van der Waals surface area (Å²) in [5.74, 6) is 1.94. The van der Waals surface area contributed by atoms with Gasteiger partial charge in [0.1, 0.15) is 5.75 Å². The lowest BCUT2D eigenvalue weighted by molar-refractivity contribution is -0.123. The number of benzene rings is 2. The summed E-state index contributed by atoms with van der Waals surface area (Å²) in [6, 6.07) is 14.6. The highest BCUT2D eigenvalue weighted by Gasteiger charge is 2.32. The molecule has 166 valence electrons. The van der Waals surface area contributed by atoms with Crippen LogP contribution in [0.2, 0.25) is 0 Å². The summed E-state index contributed by atoms with van der Waals surface area (Å²) in [6.45, 7) is 7.13. The average molecular weight is 485 g/mol. The van der Waals surface area contributed by atoms with Gasteiger partial charge in [0.2, 0.25) is 5.91 Å². The van der Waals surface area contributed by atoms with E-state index in [0.717, 1.165) is 43.9 Å². The van der Waals surface area contributed by atoms with Gasteiger partial charge in [-0.25, -0.2) is 0 Å². The molecule has 0 bridgehead atoms. The van der Waals surface area contributed by atoms with E-state index in [0.29, 0.717) is 5.92 Å². The summed E-state index contributed by atoms with van der Waals surface area (Å²) in [4.78, 5) is 17.2. The van der Waals surface area contributed by atoms with Crippen LogP contribution < -0.4 is 9.64 Å². The molecule has 2 aliphatic heterocycles. The highest BCUT2D eigenvalue weighted by Crippen LogP contribution is 2.32. The Hall–Kier alpha value is -1.85. The van der Waals surface area contributed by atoms with E-state index in [2.05, 4.69) is 58.9 Å². The highest BCUT2D eigenvalue weighted by molar-refractivity contribution is 9.10. The Bertz CT molecular complexity index is 921. The van der Waals surface area contributed by atoms with Crippen LogP contribution >= 0.6 is 15.9 Å². The Balaban J connectivity index is 1.32. The molecule has 1 fully saturated rings. The fourth-order valence-corrected chi connectivity index (χ4v) is 5.36. The van der Waals surface area contributed by atoms with Gasteiger partial charge in [0.25, 0.3) is 0 Å². The van der Waals surface area contributed by atoms with Crippen LogP contribution in [0.3, 0.4) is 0 Å². The molecule has 0 N–H and O–H groups in total. The molecular formula is C26H33BrN2O2. The number of amides is 1. The normalized spacial score (nSPS) is 20.2. The molecule has 2 heterocycles. The minimum atomic E-state index is 0.0652. The van der Waals surface area contributed by atoms with Crippen molar-refractivity contribution in [3.63, 3.8) is 0 Å². The molecule has 4 nitrogen and oxygen atoms in total. The van der Waals surface area contributed by atoms with Crippen molar-refractivity contribution in [1.29, 1.82) is 0 Å². The third kappa shape index (κ3) is 5.32. The number of fused-ring (bicyclic) bond motifs is 1. The molecule has 2 aliphatic rings. The monoisotopic (exact) mass is 484 g/mol. The SMILES string of the molecule is CC(C)Oc1ccc(Br)c(CC2CCN(CC3Cc4ccccc4N(C)C3=O)CC2)c1. The van der Waals surface area contributed by atoms with Crippen LogP contribution in [0.4, 0.5) is 5.69 Å². The second-order valence-corrected chi connectivity index (χ2v) is 10.1. The smallest absolute Gasteiger partial charge is 0.231 e. The molecule has 4 rings (SSSR count). The van der Waals surface area contributed by atoms with Gasteiger partial charge < -0.3 is 14.5 Å². The van der Waals surface area contributed by atoms with Crippen LogP contribution in [0.15, 0.2) is 46.9 Å². The van der Waals surface area contributed by atoms with Crippen molar-refractivity contribution < 1.29 is 9.53 Å². The molecule has 2 aromatic carbocycles. The van der Waals surface area contributed by atoms with E-state index in [1.165, 1.54) is 28.4 Å². The number of rotatable bonds is 6. The maximum atomic E-state index is 12.9. The Kier molecular flexibility index (Phi) is 7.02. The van der Waals surface area contributed by atoms with Gasteiger partial charge in [0, 0.05) is 23.8 Å². The van der Waals surface area contributed by atoms with Crippen molar-refractivity contribution in [2.75, 3.05) is 31.6 Å². The molecule has 0 aromatic heterocycles. The van der Waals surface area contributed by atoms with Gasteiger partial charge in [0.15, 0.2) is 0 Å². The number of carbonyl (C=O) groups is 1. The molecule has 1 atom stereocenters. The van der Waals surface area contributed by atoms with E-state index in [1.807, 2.05) is 30.1 Å². The Morgan fingerprint density at radius 2 is 1.87 bits per heavy atom. The molecule has 5 heteroatoms. The third-order valence-corrected chi connectivity index (χ3v) is 7.36. The van der Waals surface area contributed by atoms with Crippen LogP contribution in [0, 0.1) is 11.8 Å². The number of para-hydroxylation sites is 1. The molecule has 2 aromatic rings. The first kappa shape index (κ1) is 22.3. The number of likely N-dealkylation sites (tertiary alicyclic amines) is 1. The lowest BCUT2D eigenvalue weighted by atomic mass is 9.88. The summed E-state index contributed by atoms with van der Waals surface area (Å²) in [6.07, 6.45) is 4.46. The quantitative estimate of drug-likeness (QED) is 0.555. The van der Waals surface area contributed by atoms with E-state index in [-0.39, 0.29) is 17.9 Å². The zero-order valence-electron chi connectivity index (χ0n) is 18.8. The maximum Gasteiger partial charge on any atom is 0.231 e. The minimum absolute atomic E-state index is 0.0652. The topological polar surface area (TPSA) is 32.8 Å². The summed E-state index contributed by atoms with van der Waals surface area (Å²) in [5, 5.41) is 0. The largest absolute Gasteiger partial charge is 0.491 e. The molecule has 1 amide bonds. The molecule has 0 spiro atoms. The highest BCUT2D eigenvalue weighted by atomic mass is 79.9. The van der Waals surface area contributed by atoms with Crippen molar-refractivity contribution >= 4 is 27.5 Å². The lowest BCUT2D eigenvalue weighted by Gasteiger charge is -2.37. The van der Waals surface area contributed by atoms with Crippen LogP contribution in [0.25, 0.3) is 0 Å². The molecular weight excluding hydrogens is 452 g/mol. The predicted molar refractivity (Wildman–Crippen MR) is 130 cm³/mol. The number of hydrogen-bond donors (Lipinski definition) is 0. The maximum absolute atomic E-state index is 12.9. The zero-order chi connectivity index (χ0) is 22.0. The zero-order valence-corrected chi connectivity index (χ0v) is 20.4. The van der Waals surface area contributed by atoms with Crippen LogP contribution in [-0.2, 0) is 17.6 Å². The van der Waals surface area contributed by atoms with Crippen molar-refractivity contribution in [3.05, 3.63) is 58.1 Å². The van der Waals surface area contributed by atoms with Gasteiger partial charge >= 0.3 is 0 Å². The fraction of sp³-hybridized carbons (Fsp3) is 0.500. The molecule has 0 radical (unpaired) electrons. The minimum Gasteiger partial charge on any atom is -0.491 e.